The van der Waals surface area contributed by atoms with Crippen LogP contribution in [0.25, 0.3) is 16.9 Å². The van der Waals surface area contributed by atoms with Gasteiger partial charge in [0, 0.05) is 43.2 Å². The first-order valence-corrected chi connectivity index (χ1v) is 11.9. The van der Waals surface area contributed by atoms with Crippen molar-refractivity contribution in [3.8, 4) is 11.3 Å². The summed E-state index contributed by atoms with van der Waals surface area (Å²) in [7, 11) is 1.89. The molecule has 2 aliphatic heterocycles. The molecule has 1 aromatic heterocycles. The molecule has 2 unspecified atom stereocenters. The topological polar surface area (TPSA) is 86.9 Å². The van der Waals surface area contributed by atoms with Crippen molar-refractivity contribution in [2.24, 2.45) is 10.9 Å². The van der Waals surface area contributed by atoms with Crippen molar-refractivity contribution in [2.45, 2.75) is 33.4 Å². The van der Waals surface area contributed by atoms with Crippen LogP contribution in [0.4, 0.5) is 0 Å². The number of nitrogens with one attached hydrogen (secondary N) is 2. The number of carbonyl (C=O) groups is 2. The van der Waals surface area contributed by atoms with Crippen LogP contribution in [0.2, 0.25) is 5.02 Å². The maximum Gasteiger partial charge on any atom is 0.255 e. The van der Waals surface area contributed by atoms with Crippen LogP contribution in [0.1, 0.15) is 43.3 Å². The van der Waals surface area contributed by atoms with E-state index in [9.17, 15) is 9.59 Å². The van der Waals surface area contributed by atoms with E-state index in [2.05, 4.69) is 22.5 Å². The highest BCUT2D eigenvalue weighted by Crippen LogP contribution is 2.37. The molecule has 35 heavy (non-hydrogen) atoms. The molecule has 182 valence electrons. The second kappa shape index (κ2) is 10.4. The van der Waals surface area contributed by atoms with Crippen molar-refractivity contribution in [1.29, 1.82) is 0 Å². The highest BCUT2D eigenvalue weighted by atomic mass is 35.5. The molecule has 3 heterocycles. The number of benzene rings is 1. The first-order valence-electron chi connectivity index (χ1n) is 11.5. The monoisotopic (exact) mass is 492 g/mol. The Labute approximate surface area is 210 Å². The number of likely N-dealkylation sites (N-methyl/N-ethyl adjacent to an activating group) is 1. The van der Waals surface area contributed by atoms with Crippen LogP contribution in [0, 0.1) is 5.92 Å². The fourth-order valence-electron chi connectivity index (χ4n) is 4.21. The first-order chi connectivity index (χ1) is 16.7. The molecule has 2 N–H and O–H groups in total. The lowest BCUT2D eigenvalue weighted by Gasteiger charge is -2.30. The zero-order valence-electron chi connectivity index (χ0n) is 20.3. The van der Waals surface area contributed by atoms with Gasteiger partial charge in [0.05, 0.1) is 17.1 Å². The Bertz CT molecular complexity index is 1270. The van der Waals surface area contributed by atoms with Crippen molar-refractivity contribution in [2.75, 3.05) is 13.6 Å². The Balaban J connectivity index is 1.70. The summed E-state index contributed by atoms with van der Waals surface area (Å²) in [6.07, 6.45) is 8.15. The molecular formula is C27H29ClN4O3. The van der Waals surface area contributed by atoms with Gasteiger partial charge < -0.3 is 20.0 Å². The summed E-state index contributed by atoms with van der Waals surface area (Å²) in [6, 6.07) is 9.00. The molecule has 0 bridgehead atoms. The van der Waals surface area contributed by atoms with E-state index in [4.69, 9.17) is 16.0 Å². The molecule has 0 saturated carbocycles. The van der Waals surface area contributed by atoms with E-state index in [0.29, 0.717) is 40.1 Å². The maximum atomic E-state index is 13.3. The van der Waals surface area contributed by atoms with E-state index in [0.717, 1.165) is 23.3 Å². The fourth-order valence-corrected chi connectivity index (χ4v) is 4.43. The van der Waals surface area contributed by atoms with Gasteiger partial charge in [-0.15, -0.1) is 0 Å². The lowest BCUT2D eigenvalue weighted by atomic mass is 10.0. The Morgan fingerprint density at radius 3 is 2.77 bits per heavy atom. The van der Waals surface area contributed by atoms with Crippen LogP contribution in [0.15, 0.2) is 69.9 Å². The van der Waals surface area contributed by atoms with Gasteiger partial charge in [-0.3, -0.25) is 14.6 Å². The summed E-state index contributed by atoms with van der Waals surface area (Å²) >= 11 is 6.47. The van der Waals surface area contributed by atoms with Gasteiger partial charge in [-0.25, -0.2) is 0 Å². The smallest absolute Gasteiger partial charge is 0.255 e. The van der Waals surface area contributed by atoms with Crippen LogP contribution < -0.4 is 10.6 Å². The minimum Gasteiger partial charge on any atom is -0.455 e. The van der Waals surface area contributed by atoms with Gasteiger partial charge in [0.1, 0.15) is 17.7 Å². The molecule has 1 aromatic carbocycles. The van der Waals surface area contributed by atoms with E-state index >= 15 is 0 Å². The number of halogens is 1. The van der Waals surface area contributed by atoms with E-state index in [1.807, 2.05) is 55.4 Å². The third-order valence-electron chi connectivity index (χ3n) is 5.98. The number of hydrogen-bond acceptors (Lipinski definition) is 5. The first kappa shape index (κ1) is 24.5. The largest absolute Gasteiger partial charge is 0.455 e. The summed E-state index contributed by atoms with van der Waals surface area (Å²) in [5, 5.41) is 6.37. The third-order valence-corrected chi connectivity index (χ3v) is 6.31. The number of allylic oxidation sites excluding steroid dienone is 3. The number of nitrogens with zero attached hydrogens (tertiary/aromatic N) is 2. The molecule has 2 atom stereocenters. The Morgan fingerprint density at radius 1 is 1.29 bits per heavy atom. The van der Waals surface area contributed by atoms with Crippen molar-refractivity contribution in [3.63, 3.8) is 0 Å². The molecule has 0 spiro atoms. The van der Waals surface area contributed by atoms with Crippen LogP contribution in [0.5, 0.6) is 0 Å². The van der Waals surface area contributed by atoms with Crippen LogP contribution in [-0.2, 0) is 4.79 Å². The lowest BCUT2D eigenvalue weighted by Crippen LogP contribution is -2.43. The van der Waals surface area contributed by atoms with Gasteiger partial charge in [-0.1, -0.05) is 36.7 Å². The quantitative estimate of drug-likeness (QED) is 0.592. The zero-order valence-corrected chi connectivity index (χ0v) is 21.0. The van der Waals surface area contributed by atoms with Crippen LogP contribution in [0.3, 0.4) is 0 Å². The summed E-state index contributed by atoms with van der Waals surface area (Å²) in [5.41, 5.74) is 3.68. The molecule has 0 saturated heterocycles. The third kappa shape index (κ3) is 5.57. The molecule has 8 heteroatoms. The second-order valence-electron chi connectivity index (χ2n) is 8.94. The average molecular weight is 493 g/mol. The summed E-state index contributed by atoms with van der Waals surface area (Å²) in [5.74, 6) is 0.894. The summed E-state index contributed by atoms with van der Waals surface area (Å²) < 4.78 is 6.28. The predicted octanol–water partition coefficient (Wildman–Crippen LogP) is 5.02. The molecule has 0 radical (unpaired) electrons. The Kier molecular flexibility index (Phi) is 7.26. The lowest BCUT2D eigenvalue weighted by molar-refractivity contribution is -0.120. The molecule has 2 aromatic rings. The summed E-state index contributed by atoms with van der Waals surface area (Å²) in [6.45, 7) is 5.90. The van der Waals surface area contributed by atoms with Crippen LogP contribution in [-0.4, -0.2) is 42.2 Å². The van der Waals surface area contributed by atoms with Crippen molar-refractivity contribution < 1.29 is 14.0 Å². The molecule has 7 nitrogen and oxygen atoms in total. The van der Waals surface area contributed by atoms with E-state index in [-0.39, 0.29) is 18.0 Å². The van der Waals surface area contributed by atoms with Crippen molar-refractivity contribution in [1.82, 2.24) is 15.5 Å². The number of rotatable bonds is 6. The number of aliphatic imine (C=N–C) groups is 1. The molecule has 2 amide bonds. The van der Waals surface area contributed by atoms with Crippen molar-refractivity contribution >= 4 is 34.7 Å². The molecule has 2 aliphatic rings. The molecule has 4 rings (SSSR count). The van der Waals surface area contributed by atoms with Gasteiger partial charge in [0.2, 0.25) is 5.91 Å². The van der Waals surface area contributed by atoms with E-state index in [1.165, 1.54) is 6.92 Å². The number of amides is 2. The zero-order chi connectivity index (χ0) is 25.1. The average Bonchev–Trinajstić information content (AvgIpc) is 3.24. The normalized spacial score (nSPS) is 19.6. The van der Waals surface area contributed by atoms with Gasteiger partial charge >= 0.3 is 0 Å². The van der Waals surface area contributed by atoms with E-state index < -0.39 is 0 Å². The van der Waals surface area contributed by atoms with Gasteiger partial charge in [0.15, 0.2) is 0 Å². The number of carbonyl (C=O) groups excluding carboxylic acids is 2. The van der Waals surface area contributed by atoms with Gasteiger partial charge in [-0.05, 0) is 49.1 Å². The highest BCUT2D eigenvalue weighted by Gasteiger charge is 2.26. The van der Waals surface area contributed by atoms with Crippen molar-refractivity contribution in [3.05, 3.63) is 76.8 Å². The molecule has 0 aliphatic carbocycles. The van der Waals surface area contributed by atoms with E-state index in [1.54, 1.807) is 18.3 Å². The standard InChI is InChI=1S/C27H29ClN4O3/c1-16-9-10-29-19(11-16)14-30-27(34)22-12-24(35-26(22)20-7-5-6-8-23(20)28)21-13-25(31-18(3)33)32(4)15-17(21)2/h5-10,12-13,15-16,25H,11,14H2,1-4H3,(H,30,34)(H,31,33). The number of furan rings is 1. The molecule has 0 fully saturated rings. The maximum absolute atomic E-state index is 13.3. The highest BCUT2D eigenvalue weighted by molar-refractivity contribution is 6.33. The minimum absolute atomic E-state index is 0.142. The number of hydrogen-bond donors (Lipinski definition) is 2. The van der Waals surface area contributed by atoms with Gasteiger partial charge in [-0.2, -0.15) is 0 Å². The summed E-state index contributed by atoms with van der Waals surface area (Å²) in [4.78, 5) is 31.3. The van der Waals surface area contributed by atoms with Gasteiger partial charge in [0.25, 0.3) is 5.91 Å². The predicted molar refractivity (Wildman–Crippen MR) is 139 cm³/mol. The second-order valence-corrected chi connectivity index (χ2v) is 9.34. The SMILES string of the molecule is CC(=O)NC1C=C(c2cc(C(=O)NCC3=NC=CC(C)C3)c(-c3ccccc3Cl)o2)C(C)=CN1C. The molecular weight excluding hydrogens is 464 g/mol. The fraction of sp³-hybridized carbons (Fsp3) is 0.296. The Hall–Kier alpha value is -3.58. The Morgan fingerprint density at radius 2 is 2.06 bits per heavy atom. The minimum atomic E-state index is -0.336. The van der Waals surface area contributed by atoms with Crippen LogP contribution >= 0.6 is 11.6 Å².